The van der Waals surface area contributed by atoms with Crippen LogP contribution in [0.15, 0.2) is 59.0 Å². The van der Waals surface area contributed by atoms with Gasteiger partial charge in [-0.3, -0.25) is 4.79 Å². The van der Waals surface area contributed by atoms with E-state index in [1.54, 1.807) is 12.1 Å². The number of rotatable bonds is 3. The van der Waals surface area contributed by atoms with E-state index in [9.17, 15) is 4.79 Å². The molecule has 0 unspecified atom stereocenters. The SMILES string of the molecule is CNC(=O)c1ccc(-c2c3ccc(=[N+](C)C)cc-3oc3cc(N(C)C)ccc23)c(F)c1. The number of amides is 1. The molecule has 0 atom stereocenters. The molecule has 158 valence electrons. The highest BCUT2D eigenvalue weighted by Crippen LogP contribution is 2.41. The molecular formula is C25H25FN3O2+. The highest BCUT2D eigenvalue weighted by molar-refractivity contribution is 6.03. The van der Waals surface area contributed by atoms with Gasteiger partial charge in [-0.2, -0.15) is 0 Å². The lowest BCUT2D eigenvalue weighted by Crippen LogP contribution is -2.21. The lowest BCUT2D eigenvalue weighted by molar-refractivity contribution is 0.0962. The molecule has 0 saturated heterocycles. The normalized spacial score (nSPS) is 11.0. The van der Waals surface area contributed by atoms with Gasteiger partial charge in [0.05, 0.1) is 6.07 Å². The first-order valence-electron chi connectivity index (χ1n) is 10.0. The van der Waals surface area contributed by atoms with Crippen LogP contribution in [0.4, 0.5) is 10.1 Å². The largest absolute Gasteiger partial charge is 0.456 e. The quantitative estimate of drug-likeness (QED) is 0.407. The molecule has 2 aromatic carbocycles. The van der Waals surface area contributed by atoms with E-state index in [-0.39, 0.29) is 11.5 Å². The average molecular weight is 418 g/mol. The number of hydrogen-bond donors (Lipinski definition) is 1. The summed E-state index contributed by atoms with van der Waals surface area (Å²) in [5.41, 5.74) is 3.91. The molecule has 1 heterocycles. The smallest absolute Gasteiger partial charge is 0.251 e. The fourth-order valence-electron chi connectivity index (χ4n) is 3.72. The van der Waals surface area contributed by atoms with E-state index in [4.69, 9.17) is 4.42 Å². The molecule has 5 nitrogen and oxygen atoms in total. The zero-order valence-corrected chi connectivity index (χ0v) is 18.3. The molecule has 31 heavy (non-hydrogen) atoms. The van der Waals surface area contributed by atoms with Crippen LogP contribution in [0.2, 0.25) is 0 Å². The standard InChI is InChI=1S/C25H24FN3O2/c1-27-25(30)15-6-9-18(21(26)12-15)24-19-10-7-16(28(2)3)13-22(19)31-23-14-17(29(4)5)8-11-20(23)24/h6-14H,1-5H3/p+1. The Bertz CT molecular complexity index is 1350. The fraction of sp³-hybridized carbons (Fsp3) is 0.200. The van der Waals surface area contributed by atoms with Crippen molar-refractivity contribution in [3.63, 3.8) is 0 Å². The maximum Gasteiger partial charge on any atom is 0.251 e. The summed E-state index contributed by atoms with van der Waals surface area (Å²) in [6.07, 6.45) is 0. The van der Waals surface area contributed by atoms with Crippen LogP contribution in [0, 0.1) is 5.82 Å². The molecule has 0 saturated carbocycles. The maximum absolute atomic E-state index is 15.3. The van der Waals surface area contributed by atoms with E-state index in [0.29, 0.717) is 16.9 Å². The first kappa shape index (κ1) is 20.6. The van der Waals surface area contributed by atoms with Crippen LogP contribution >= 0.6 is 0 Å². The Morgan fingerprint density at radius 3 is 2.39 bits per heavy atom. The van der Waals surface area contributed by atoms with Gasteiger partial charge in [0.15, 0.2) is 0 Å². The van der Waals surface area contributed by atoms with Gasteiger partial charge in [-0.15, -0.1) is 0 Å². The molecule has 0 spiro atoms. The molecule has 1 aliphatic heterocycles. The minimum absolute atomic E-state index is 0.280. The zero-order valence-electron chi connectivity index (χ0n) is 18.3. The topological polar surface area (TPSA) is 48.5 Å². The molecule has 4 rings (SSSR count). The number of hydrogen-bond acceptors (Lipinski definition) is 3. The lowest BCUT2D eigenvalue weighted by Gasteiger charge is -2.18. The molecule has 0 aromatic heterocycles. The number of anilines is 1. The number of nitrogens with zero attached hydrogens (tertiary/aromatic N) is 2. The van der Waals surface area contributed by atoms with Crippen LogP contribution in [-0.2, 0) is 0 Å². The predicted octanol–water partition coefficient (Wildman–Crippen LogP) is 3.80. The molecule has 1 amide bonds. The number of nitrogens with one attached hydrogen (secondary N) is 1. The van der Waals surface area contributed by atoms with E-state index < -0.39 is 5.82 Å². The van der Waals surface area contributed by atoms with Crippen LogP contribution in [0.25, 0.3) is 33.4 Å². The third-order valence-electron chi connectivity index (χ3n) is 5.45. The first-order chi connectivity index (χ1) is 14.8. The number of benzene rings is 3. The van der Waals surface area contributed by atoms with Crippen molar-refractivity contribution >= 4 is 22.6 Å². The minimum Gasteiger partial charge on any atom is -0.456 e. The second-order valence-corrected chi connectivity index (χ2v) is 7.90. The Hall–Kier alpha value is -3.67. The summed E-state index contributed by atoms with van der Waals surface area (Å²) < 4.78 is 23.5. The fourth-order valence-corrected chi connectivity index (χ4v) is 3.72. The second kappa shape index (κ2) is 7.87. The summed E-state index contributed by atoms with van der Waals surface area (Å²) in [6.45, 7) is 0. The van der Waals surface area contributed by atoms with Gasteiger partial charge in [0.1, 0.15) is 31.3 Å². The maximum atomic E-state index is 15.3. The van der Waals surface area contributed by atoms with E-state index in [2.05, 4.69) is 5.32 Å². The molecule has 1 aliphatic carbocycles. The van der Waals surface area contributed by atoms with Crippen molar-refractivity contribution in [2.45, 2.75) is 0 Å². The van der Waals surface area contributed by atoms with Crippen LogP contribution < -0.4 is 20.1 Å². The van der Waals surface area contributed by atoms with E-state index in [1.165, 1.54) is 13.1 Å². The summed E-state index contributed by atoms with van der Waals surface area (Å²) in [6, 6.07) is 16.4. The highest BCUT2D eigenvalue weighted by Gasteiger charge is 2.21. The highest BCUT2D eigenvalue weighted by atomic mass is 19.1. The number of halogens is 1. The van der Waals surface area contributed by atoms with Gasteiger partial charge in [-0.1, -0.05) is 6.07 Å². The van der Waals surface area contributed by atoms with Crippen LogP contribution in [0.3, 0.4) is 0 Å². The van der Waals surface area contributed by atoms with Crippen molar-refractivity contribution in [3.05, 3.63) is 71.3 Å². The summed E-state index contributed by atoms with van der Waals surface area (Å²) >= 11 is 0. The van der Waals surface area contributed by atoms with Gasteiger partial charge in [-0.05, 0) is 30.3 Å². The van der Waals surface area contributed by atoms with Crippen molar-refractivity contribution in [1.29, 1.82) is 0 Å². The molecule has 0 fully saturated rings. The van der Waals surface area contributed by atoms with Gasteiger partial charge >= 0.3 is 0 Å². The van der Waals surface area contributed by atoms with Gasteiger partial charge in [0.25, 0.3) is 5.91 Å². The third-order valence-corrected chi connectivity index (χ3v) is 5.45. The Kier molecular flexibility index (Phi) is 5.23. The Balaban J connectivity index is 2.09. The minimum atomic E-state index is -0.455. The molecule has 2 aliphatic rings. The van der Waals surface area contributed by atoms with Gasteiger partial charge in [0.2, 0.25) is 5.36 Å². The predicted molar refractivity (Wildman–Crippen MR) is 123 cm³/mol. The zero-order chi connectivity index (χ0) is 22.3. The van der Waals surface area contributed by atoms with Crippen molar-refractivity contribution in [1.82, 2.24) is 9.89 Å². The van der Waals surface area contributed by atoms with Crippen molar-refractivity contribution in [2.75, 3.05) is 40.1 Å². The van der Waals surface area contributed by atoms with Crippen molar-refractivity contribution in [3.8, 4) is 22.5 Å². The van der Waals surface area contributed by atoms with Crippen LogP contribution in [0.5, 0.6) is 0 Å². The average Bonchev–Trinajstić information content (AvgIpc) is 2.76. The van der Waals surface area contributed by atoms with E-state index in [1.807, 2.05) is 74.1 Å². The summed E-state index contributed by atoms with van der Waals surface area (Å²) in [5.74, 6) is -0.114. The monoisotopic (exact) mass is 418 g/mol. The van der Waals surface area contributed by atoms with Crippen molar-refractivity contribution < 1.29 is 13.6 Å². The lowest BCUT2D eigenvalue weighted by atomic mass is 9.92. The van der Waals surface area contributed by atoms with E-state index in [0.717, 1.165) is 27.6 Å². The summed E-state index contributed by atoms with van der Waals surface area (Å²) in [7, 11) is 9.38. The molecule has 0 radical (unpaired) electrons. The molecule has 6 heteroatoms. The number of fused-ring (bicyclic) bond motifs is 2. The molecule has 0 bridgehead atoms. The van der Waals surface area contributed by atoms with Crippen LogP contribution in [-0.4, -0.2) is 41.1 Å². The van der Waals surface area contributed by atoms with E-state index >= 15 is 4.39 Å². The summed E-state index contributed by atoms with van der Waals surface area (Å²) in [4.78, 5) is 13.9. The Morgan fingerprint density at radius 2 is 1.74 bits per heavy atom. The third kappa shape index (κ3) is 3.65. The first-order valence-corrected chi connectivity index (χ1v) is 10.0. The number of carbonyl (C=O) groups is 1. The molecular weight excluding hydrogens is 393 g/mol. The van der Waals surface area contributed by atoms with Gasteiger partial charge < -0.3 is 14.6 Å². The van der Waals surface area contributed by atoms with Gasteiger partial charge in [0, 0.05) is 66.6 Å². The van der Waals surface area contributed by atoms with Gasteiger partial charge in [-0.25, -0.2) is 8.97 Å². The Morgan fingerprint density at radius 1 is 1.00 bits per heavy atom. The number of carbonyl (C=O) groups excluding carboxylic acids is 1. The molecule has 1 N–H and O–H groups in total. The van der Waals surface area contributed by atoms with Crippen LogP contribution in [0.1, 0.15) is 10.4 Å². The summed E-state index contributed by atoms with van der Waals surface area (Å²) in [5, 5.41) is 4.33. The van der Waals surface area contributed by atoms with Crippen molar-refractivity contribution in [2.24, 2.45) is 0 Å². The Labute approximate surface area is 180 Å². The second-order valence-electron chi connectivity index (χ2n) is 7.90. The molecule has 2 aromatic rings.